The van der Waals surface area contributed by atoms with Crippen molar-refractivity contribution in [3.05, 3.63) is 59.7 Å². The molecule has 10 heteroatoms. The van der Waals surface area contributed by atoms with Crippen molar-refractivity contribution in [2.24, 2.45) is 0 Å². The molecule has 8 nitrogen and oxygen atoms in total. The summed E-state index contributed by atoms with van der Waals surface area (Å²) in [5.41, 5.74) is 2.39. The van der Waals surface area contributed by atoms with Gasteiger partial charge in [-0.15, -0.1) is 0 Å². The van der Waals surface area contributed by atoms with E-state index in [4.69, 9.17) is 4.52 Å². The first-order chi connectivity index (χ1) is 15.2. The number of nitrogens with zero attached hydrogens (tertiary/aromatic N) is 6. The van der Waals surface area contributed by atoms with Crippen LogP contribution in [0.5, 0.6) is 0 Å². The number of pyridine rings is 2. The fourth-order valence-electron chi connectivity index (χ4n) is 3.46. The van der Waals surface area contributed by atoms with Crippen molar-refractivity contribution in [3.8, 4) is 0 Å². The van der Waals surface area contributed by atoms with Gasteiger partial charge in [-0.2, -0.15) is 0 Å². The molecule has 0 unspecified atom stereocenters. The lowest BCUT2D eigenvalue weighted by Crippen LogP contribution is -2.48. The SMILES string of the molecule is Cc1cc(CSc2ncccc2C(=O)N2CCN(c3nc4cccnc4s3)CC2)no1. The monoisotopic (exact) mass is 452 g/mol. The summed E-state index contributed by atoms with van der Waals surface area (Å²) in [4.78, 5) is 31.8. The van der Waals surface area contributed by atoms with Crippen molar-refractivity contribution in [1.82, 2.24) is 25.0 Å². The molecule has 0 saturated carbocycles. The molecule has 0 N–H and O–H groups in total. The van der Waals surface area contributed by atoms with Crippen LogP contribution in [0.15, 0.2) is 52.3 Å². The number of piperazine rings is 1. The maximum atomic E-state index is 13.2. The zero-order valence-corrected chi connectivity index (χ0v) is 18.5. The third-order valence-electron chi connectivity index (χ3n) is 5.03. The predicted molar refractivity (Wildman–Crippen MR) is 121 cm³/mol. The number of thioether (sulfide) groups is 1. The highest BCUT2D eigenvalue weighted by Gasteiger charge is 2.26. The molecule has 4 aromatic heterocycles. The smallest absolute Gasteiger partial charge is 0.256 e. The minimum absolute atomic E-state index is 0.0116. The average molecular weight is 453 g/mol. The van der Waals surface area contributed by atoms with E-state index in [-0.39, 0.29) is 5.91 Å². The van der Waals surface area contributed by atoms with Gasteiger partial charge in [-0.25, -0.2) is 15.0 Å². The molecule has 5 heterocycles. The maximum absolute atomic E-state index is 13.2. The predicted octanol–water partition coefficient (Wildman–Crippen LogP) is 3.64. The lowest BCUT2D eigenvalue weighted by molar-refractivity contribution is 0.0742. The van der Waals surface area contributed by atoms with Gasteiger partial charge in [0.15, 0.2) is 5.13 Å². The molecule has 1 aliphatic heterocycles. The van der Waals surface area contributed by atoms with E-state index in [1.165, 1.54) is 11.8 Å². The number of anilines is 1. The third-order valence-corrected chi connectivity index (χ3v) is 7.11. The van der Waals surface area contributed by atoms with E-state index in [9.17, 15) is 4.79 Å². The van der Waals surface area contributed by atoms with Gasteiger partial charge in [0.1, 0.15) is 21.1 Å². The number of aryl methyl sites for hydroxylation is 1. The largest absolute Gasteiger partial charge is 0.361 e. The van der Waals surface area contributed by atoms with Crippen molar-refractivity contribution < 1.29 is 9.32 Å². The third kappa shape index (κ3) is 4.26. The second-order valence-corrected chi connectivity index (χ2v) is 9.10. The molecule has 0 atom stereocenters. The van der Waals surface area contributed by atoms with Crippen LogP contribution in [0.4, 0.5) is 5.13 Å². The van der Waals surface area contributed by atoms with E-state index in [1.807, 2.05) is 42.2 Å². The highest BCUT2D eigenvalue weighted by atomic mass is 32.2. The van der Waals surface area contributed by atoms with Crippen LogP contribution in [0.2, 0.25) is 0 Å². The maximum Gasteiger partial charge on any atom is 0.256 e. The molecular formula is C21H20N6O2S2. The van der Waals surface area contributed by atoms with E-state index in [0.717, 1.165) is 40.0 Å². The van der Waals surface area contributed by atoms with Crippen molar-refractivity contribution in [2.45, 2.75) is 17.7 Å². The molecule has 1 aliphatic rings. The zero-order valence-electron chi connectivity index (χ0n) is 16.9. The van der Waals surface area contributed by atoms with Crippen LogP contribution >= 0.6 is 23.1 Å². The molecular weight excluding hydrogens is 432 g/mol. The number of hydrogen-bond acceptors (Lipinski definition) is 9. The van der Waals surface area contributed by atoms with Gasteiger partial charge in [-0.05, 0) is 31.2 Å². The Hall–Kier alpha value is -2.98. The first-order valence-corrected chi connectivity index (χ1v) is 11.7. The summed E-state index contributed by atoms with van der Waals surface area (Å²) in [5, 5.41) is 5.69. The Balaban J connectivity index is 1.25. The number of thiazole rings is 1. The summed E-state index contributed by atoms with van der Waals surface area (Å²) < 4.78 is 5.12. The van der Waals surface area contributed by atoms with E-state index >= 15 is 0 Å². The molecule has 4 aromatic rings. The summed E-state index contributed by atoms with van der Waals surface area (Å²) in [5.74, 6) is 1.39. The topological polar surface area (TPSA) is 88.3 Å². The minimum Gasteiger partial charge on any atom is -0.361 e. The molecule has 1 saturated heterocycles. The normalized spacial score (nSPS) is 14.4. The van der Waals surface area contributed by atoms with Crippen LogP contribution in [-0.2, 0) is 5.75 Å². The number of fused-ring (bicyclic) bond motifs is 1. The number of carbonyl (C=O) groups excluding carboxylic acids is 1. The van der Waals surface area contributed by atoms with Gasteiger partial charge in [0.25, 0.3) is 5.91 Å². The molecule has 1 amide bonds. The summed E-state index contributed by atoms with van der Waals surface area (Å²) >= 11 is 3.09. The van der Waals surface area contributed by atoms with E-state index in [2.05, 4.69) is 25.0 Å². The van der Waals surface area contributed by atoms with Crippen LogP contribution in [0.1, 0.15) is 21.8 Å². The number of aromatic nitrogens is 4. The first-order valence-electron chi connectivity index (χ1n) is 9.93. The van der Waals surface area contributed by atoms with Gasteiger partial charge < -0.3 is 14.3 Å². The van der Waals surface area contributed by atoms with Gasteiger partial charge in [0, 0.05) is 50.4 Å². The molecule has 0 spiro atoms. The summed E-state index contributed by atoms with van der Waals surface area (Å²) in [6.07, 6.45) is 3.50. The molecule has 1 fully saturated rings. The highest BCUT2D eigenvalue weighted by molar-refractivity contribution is 7.98. The van der Waals surface area contributed by atoms with Crippen molar-refractivity contribution in [3.63, 3.8) is 0 Å². The number of amides is 1. The van der Waals surface area contributed by atoms with Crippen LogP contribution < -0.4 is 4.90 Å². The number of hydrogen-bond donors (Lipinski definition) is 0. The van der Waals surface area contributed by atoms with Crippen molar-refractivity contribution in [2.75, 3.05) is 31.1 Å². The van der Waals surface area contributed by atoms with Crippen LogP contribution in [-0.4, -0.2) is 57.1 Å². The van der Waals surface area contributed by atoms with Gasteiger partial charge in [0.2, 0.25) is 0 Å². The summed E-state index contributed by atoms with van der Waals surface area (Å²) in [6, 6.07) is 9.42. The Morgan fingerprint density at radius 2 is 1.97 bits per heavy atom. The first kappa shape index (κ1) is 20.0. The average Bonchev–Trinajstić information content (AvgIpc) is 3.43. The standard InChI is InChI=1S/C21H20N6O2S2/c1-14-12-15(25-29-14)13-30-18-16(4-2-6-22-18)20(28)26-8-10-27(11-9-26)21-24-17-5-3-7-23-19(17)31-21/h2-7,12H,8-11,13H2,1H3. The summed E-state index contributed by atoms with van der Waals surface area (Å²) in [6.45, 7) is 4.63. The van der Waals surface area contributed by atoms with E-state index in [0.29, 0.717) is 29.4 Å². The molecule has 0 radical (unpaired) electrons. The van der Waals surface area contributed by atoms with Gasteiger partial charge in [0.05, 0.1) is 11.3 Å². The molecule has 5 rings (SSSR count). The van der Waals surface area contributed by atoms with Gasteiger partial charge in [-0.1, -0.05) is 28.3 Å². The van der Waals surface area contributed by atoms with Crippen molar-refractivity contribution >= 4 is 44.5 Å². The van der Waals surface area contributed by atoms with Crippen molar-refractivity contribution in [1.29, 1.82) is 0 Å². The fraction of sp³-hybridized carbons (Fsp3) is 0.286. The van der Waals surface area contributed by atoms with E-state index < -0.39 is 0 Å². The van der Waals surface area contributed by atoms with Gasteiger partial charge >= 0.3 is 0 Å². The Morgan fingerprint density at radius 1 is 1.16 bits per heavy atom. The number of carbonyl (C=O) groups is 1. The van der Waals surface area contributed by atoms with E-state index in [1.54, 1.807) is 23.7 Å². The second kappa shape index (κ2) is 8.64. The van der Waals surface area contributed by atoms with Gasteiger partial charge in [-0.3, -0.25) is 4.79 Å². The second-order valence-electron chi connectivity index (χ2n) is 7.18. The van der Waals surface area contributed by atoms with Crippen LogP contribution in [0.25, 0.3) is 10.3 Å². The fourth-order valence-corrected chi connectivity index (χ4v) is 5.29. The zero-order chi connectivity index (χ0) is 21.2. The Bertz CT molecular complexity index is 1180. The molecule has 0 bridgehead atoms. The number of rotatable bonds is 5. The lowest BCUT2D eigenvalue weighted by Gasteiger charge is -2.34. The quantitative estimate of drug-likeness (QED) is 0.424. The minimum atomic E-state index is 0.0116. The Morgan fingerprint density at radius 3 is 2.74 bits per heavy atom. The highest BCUT2D eigenvalue weighted by Crippen LogP contribution is 2.29. The molecule has 31 heavy (non-hydrogen) atoms. The Kier molecular flexibility index (Phi) is 5.56. The summed E-state index contributed by atoms with van der Waals surface area (Å²) in [7, 11) is 0. The van der Waals surface area contributed by atoms with Crippen LogP contribution in [0, 0.1) is 6.92 Å². The Labute approximate surface area is 187 Å². The lowest BCUT2D eigenvalue weighted by atomic mass is 10.2. The van der Waals surface area contributed by atoms with Crippen LogP contribution in [0.3, 0.4) is 0 Å². The molecule has 0 aromatic carbocycles. The molecule has 158 valence electrons. The molecule has 0 aliphatic carbocycles.